The van der Waals surface area contributed by atoms with Crippen LogP contribution >= 0.6 is 0 Å². The van der Waals surface area contributed by atoms with E-state index in [2.05, 4.69) is 38.2 Å². The third-order valence-electron chi connectivity index (χ3n) is 8.93. The van der Waals surface area contributed by atoms with Crippen LogP contribution in [0.1, 0.15) is 181 Å². The van der Waals surface area contributed by atoms with Crippen LogP contribution in [0, 0.1) is 0 Å². The molecule has 0 aromatic rings. The SMILES string of the molecule is CCCCCC(N)C(O)CC=CCCCCCCCC(=O)OCCCCOC(=O)CCCCCCCC=CCC(O)C(N)CCCCC. The van der Waals surface area contributed by atoms with Crippen LogP contribution in [0.15, 0.2) is 24.3 Å². The van der Waals surface area contributed by atoms with Gasteiger partial charge in [0, 0.05) is 24.9 Å². The Kier molecular flexibility index (Phi) is 33.8. The molecule has 0 bridgehead atoms. The molecule has 0 radical (unpaired) electrons. The third-order valence-corrected chi connectivity index (χ3v) is 8.93. The van der Waals surface area contributed by atoms with Gasteiger partial charge in [-0.3, -0.25) is 9.59 Å². The highest BCUT2D eigenvalue weighted by molar-refractivity contribution is 5.69. The Balaban J connectivity index is 3.49. The molecule has 6 N–H and O–H groups in total. The van der Waals surface area contributed by atoms with Crippen molar-refractivity contribution in [1.82, 2.24) is 0 Å². The minimum absolute atomic E-state index is 0.127. The van der Waals surface area contributed by atoms with Crippen molar-refractivity contribution in [3.8, 4) is 0 Å². The van der Waals surface area contributed by atoms with Crippen molar-refractivity contribution in [2.75, 3.05) is 13.2 Å². The van der Waals surface area contributed by atoms with Gasteiger partial charge in [0.15, 0.2) is 0 Å². The molecule has 8 heteroatoms. The first-order chi connectivity index (χ1) is 23.3. The number of unbranched alkanes of at least 4 members (excludes halogenated alkanes) is 15. The monoisotopic (exact) mass is 681 g/mol. The summed E-state index contributed by atoms with van der Waals surface area (Å²) in [5, 5.41) is 20.3. The van der Waals surface area contributed by atoms with Crippen molar-refractivity contribution in [1.29, 1.82) is 0 Å². The second-order valence-corrected chi connectivity index (χ2v) is 13.6. The van der Waals surface area contributed by atoms with E-state index in [0.717, 1.165) is 103 Å². The average molecular weight is 681 g/mol. The van der Waals surface area contributed by atoms with Crippen LogP contribution in [-0.4, -0.2) is 59.7 Å². The number of allylic oxidation sites excluding steroid dienone is 2. The molecule has 282 valence electrons. The fourth-order valence-electron chi connectivity index (χ4n) is 5.55. The molecule has 4 atom stereocenters. The van der Waals surface area contributed by atoms with E-state index in [4.69, 9.17) is 20.9 Å². The van der Waals surface area contributed by atoms with Crippen molar-refractivity contribution < 1.29 is 29.3 Å². The third kappa shape index (κ3) is 31.5. The maximum absolute atomic E-state index is 11.9. The van der Waals surface area contributed by atoms with Crippen LogP contribution in [0.4, 0.5) is 0 Å². The predicted octanol–water partition coefficient (Wildman–Crippen LogP) is 8.74. The Hall–Kier alpha value is -1.74. The second-order valence-electron chi connectivity index (χ2n) is 13.6. The first-order valence-corrected chi connectivity index (χ1v) is 19.8. The van der Waals surface area contributed by atoms with Crippen molar-refractivity contribution in [3.05, 3.63) is 24.3 Å². The van der Waals surface area contributed by atoms with Gasteiger partial charge in [-0.25, -0.2) is 0 Å². The number of ether oxygens (including phenoxy) is 2. The number of hydrogen-bond donors (Lipinski definition) is 4. The first-order valence-electron chi connectivity index (χ1n) is 19.8. The standard InChI is InChI=1S/C40H76N2O6/c1-3-5-19-27-35(41)37(43)29-21-15-11-7-9-13-17-23-31-39(45)47-33-25-26-34-48-40(46)32-24-18-14-10-8-12-16-22-30-38(44)36(42)28-20-6-4-2/h15-16,21-22,35-38,43-44H,3-14,17-20,23-34,41-42H2,1-2H3. The molecule has 0 rings (SSSR count). The van der Waals surface area contributed by atoms with Gasteiger partial charge < -0.3 is 31.2 Å². The number of esters is 2. The van der Waals surface area contributed by atoms with E-state index < -0.39 is 12.2 Å². The normalized spacial score (nSPS) is 14.4. The number of carbonyl (C=O) groups is 2. The Bertz CT molecular complexity index is 726. The molecule has 0 heterocycles. The number of aliphatic hydroxyl groups is 2. The highest BCUT2D eigenvalue weighted by atomic mass is 16.5. The second kappa shape index (κ2) is 35.1. The summed E-state index contributed by atoms with van der Waals surface area (Å²) in [6.07, 6.45) is 32.2. The molecule has 0 saturated heterocycles. The number of rotatable bonds is 35. The molecule has 0 spiro atoms. The van der Waals surface area contributed by atoms with E-state index in [1.165, 1.54) is 25.7 Å². The Labute approximate surface area is 294 Å². The molecule has 8 nitrogen and oxygen atoms in total. The van der Waals surface area contributed by atoms with Gasteiger partial charge in [-0.05, 0) is 77.0 Å². The molecule has 0 aromatic heterocycles. The van der Waals surface area contributed by atoms with Gasteiger partial charge in [0.1, 0.15) is 0 Å². The lowest BCUT2D eigenvalue weighted by atomic mass is 10.0. The maximum Gasteiger partial charge on any atom is 0.305 e. The summed E-state index contributed by atoms with van der Waals surface area (Å²) in [6.45, 7) is 5.09. The van der Waals surface area contributed by atoms with Crippen LogP contribution in [0.25, 0.3) is 0 Å². The van der Waals surface area contributed by atoms with E-state index in [-0.39, 0.29) is 24.0 Å². The topological polar surface area (TPSA) is 145 Å². The minimum Gasteiger partial charge on any atom is -0.466 e. The van der Waals surface area contributed by atoms with Gasteiger partial charge in [0.05, 0.1) is 25.4 Å². The molecule has 0 saturated carbocycles. The zero-order chi connectivity index (χ0) is 35.5. The van der Waals surface area contributed by atoms with E-state index in [0.29, 0.717) is 51.7 Å². The Morgan fingerprint density at radius 1 is 0.521 bits per heavy atom. The smallest absolute Gasteiger partial charge is 0.305 e. The summed E-state index contributed by atoms with van der Waals surface area (Å²) in [6, 6.07) is -0.255. The number of carbonyl (C=O) groups excluding carboxylic acids is 2. The number of hydrogen-bond acceptors (Lipinski definition) is 8. The molecule has 0 aromatic carbocycles. The van der Waals surface area contributed by atoms with Gasteiger partial charge in [-0.2, -0.15) is 0 Å². The Morgan fingerprint density at radius 2 is 0.896 bits per heavy atom. The molecular formula is C40H76N2O6. The van der Waals surface area contributed by atoms with E-state index >= 15 is 0 Å². The van der Waals surface area contributed by atoms with Gasteiger partial charge >= 0.3 is 11.9 Å². The highest BCUT2D eigenvalue weighted by Gasteiger charge is 2.13. The van der Waals surface area contributed by atoms with Gasteiger partial charge in [-0.15, -0.1) is 0 Å². The van der Waals surface area contributed by atoms with E-state index in [9.17, 15) is 19.8 Å². The van der Waals surface area contributed by atoms with Crippen LogP contribution in [0.2, 0.25) is 0 Å². The summed E-state index contributed by atoms with van der Waals surface area (Å²) in [5.41, 5.74) is 12.1. The van der Waals surface area contributed by atoms with Crippen LogP contribution < -0.4 is 11.5 Å². The lowest BCUT2D eigenvalue weighted by Crippen LogP contribution is -2.34. The summed E-state index contributed by atoms with van der Waals surface area (Å²) in [4.78, 5) is 23.9. The molecule has 0 aliphatic carbocycles. The van der Waals surface area contributed by atoms with Crippen molar-refractivity contribution in [2.45, 2.75) is 205 Å². The minimum atomic E-state index is -0.449. The molecule has 0 fully saturated rings. The summed E-state index contributed by atoms with van der Waals surface area (Å²) >= 11 is 0. The highest BCUT2D eigenvalue weighted by Crippen LogP contribution is 2.13. The largest absolute Gasteiger partial charge is 0.466 e. The molecule has 48 heavy (non-hydrogen) atoms. The fourth-order valence-corrected chi connectivity index (χ4v) is 5.55. The lowest BCUT2D eigenvalue weighted by molar-refractivity contribution is -0.146. The zero-order valence-electron chi connectivity index (χ0n) is 31.1. The average Bonchev–Trinajstić information content (AvgIpc) is 3.07. The van der Waals surface area contributed by atoms with Crippen LogP contribution in [0.3, 0.4) is 0 Å². The molecule has 0 amide bonds. The van der Waals surface area contributed by atoms with E-state index in [1.54, 1.807) is 0 Å². The molecule has 0 aliphatic rings. The molecule has 0 aliphatic heterocycles. The van der Waals surface area contributed by atoms with Crippen molar-refractivity contribution in [3.63, 3.8) is 0 Å². The first kappa shape index (κ1) is 46.3. The molecular weight excluding hydrogens is 604 g/mol. The number of aliphatic hydroxyl groups excluding tert-OH is 2. The van der Waals surface area contributed by atoms with Gasteiger partial charge in [-0.1, -0.05) is 115 Å². The van der Waals surface area contributed by atoms with Crippen LogP contribution in [-0.2, 0) is 19.1 Å². The maximum atomic E-state index is 11.9. The van der Waals surface area contributed by atoms with Crippen molar-refractivity contribution >= 4 is 11.9 Å². The number of nitrogens with two attached hydrogens (primary N) is 2. The Morgan fingerprint density at radius 3 is 1.29 bits per heavy atom. The summed E-state index contributed by atoms with van der Waals surface area (Å²) in [5.74, 6) is -0.289. The quantitative estimate of drug-likeness (QED) is 0.0295. The van der Waals surface area contributed by atoms with E-state index in [1.807, 2.05) is 0 Å². The van der Waals surface area contributed by atoms with Gasteiger partial charge in [0.25, 0.3) is 0 Å². The zero-order valence-corrected chi connectivity index (χ0v) is 31.1. The summed E-state index contributed by atoms with van der Waals surface area (Å²) < 4.78 is 10.6. The summed E-state index contributed by atoms with van der Waals surface area (Å²) in [7, 11) is 0. The van der Waals surface area contributed by atoms with Crippen LogP contribution in [0.5, 0.6) is 0 Å². The lowest BCUT2D eigenvalue weighted by Gasteiger charge is -2.17. The predicted molar refractivity (Wildman–Crippen MR) is 200 cm³/mol. The molecule has 4 unspecified atom stereocenters. The fraction of sp³-hybridized carbons (Fsp3) is 0.850. The van der Waals surface area contributed by atoms with Gasteiger partial charge in [0.2, 0.25) is 0 Å². The van der Waals surface area contributed by atoms with Crippen molar-refractivity contribution in [2.24, 2.45) is 11.5 Å².